The Labute approximate surface area is 172 Å². The number of hydrogen-bond donors (Lipinski definition) is 0. The van der Waals surface area contributed by atoms with Crippen molar-refractivity contribution in [3.8, 4) is 5.69 Å². The third kappa shape index (κ3) is 2.99. The number of hydrogen-bond acceptors (Lipinski definition) is 2. The van der Waals surface area contributed by atoms with Crippen molar-refractivity contribution in [3.63, 3.8) is 0 Å². The second kappa shape index (κ2) is 6.75. The maximum Gasteiger partial charge on any atom is 0.494 e. The zero-order valence-corrected chi connectivity index (χ0v) is 17.5. The summed E-state index contributed by atoms with van der Waals surface area (Å²) in [6.45, 7) is 8.43. The minimum absolute atomic E-state index is 0.0571. The van der Waals surface area contributed by atoms with E-state index in [-0.39, 0.29) is 18.8 Å². The van der Waals surface area contributed by atoms with Gasteiger partial charge < -0.3 is 13.9 Å². The maximum absolute atomic E-state index is 6.20. The Morgan fingerprint density at radius 1 is 0.931 bits per heavy atom. The van der Waals surface area contributed by atoms with E-state index in [1.54, 1.807) is 0 Å². The highest BCUT2D eigenvalue weighted by Gasteiger charge is 2.43. The molecule has 0 amide bonds. The average Bonchev–Trinajstić information content (AvgIpc) is 3.21. The van der Waals surface area contributed by atoms with Gasteiger partial charge >= 0.3 is 7.12 Å². The van der Waals surface area contributed by atoms with Crippen LogP contribution in [0.4, 0.5) is 0 Å². The Bertz CT molecular complexity index is 1190. The number of rotatable bonds is 3. The maximum atomic E-state index is 6.20. The summed E-state index contributed by atoms with van der Waals surface area (Å²) >= 11 is 0. The zero-order chi connectivity index (χ0) is 20.2. The Hall–Kier alpha value is -2.56. The van der Waals surface area contributed by atoms with Gasteiger partial charge in [-0.15, -0.1) is 0 Å². The first-order valence-corrected chi connectivity index (χ1v) is 10.4. The van der Waals surface area contributed by atoms with Crippen LogP contribution in [0.25, 0.3) is 27.5 Å². The molecule has 29 heavy (non-hydrogen) atoms. The van der Waals surface area contributed by atoms with Crippen LogP contribution in [-0.4, -0.2) is 23.4 Å². The second-order valence-electron chi connectivity index (χ2n) is 8.48. The topological polar surface area (TPSA) is 23.4 Å². The number of aryl methyl sites for hydroxylation is 1. The van der Waals surface area contributed by atoms with Crippen molar-refractivity contribution in [1.82, 2.24) is 4.57 Å². The zero-order valence-electron chi connectivity index (χ0n) is 17.5. The fourth-order valence-corrected chi connectivity index (χ4v) is 4.19. The van der Waals surface area contributed by atoms with Gasteiger partial charge in [0.15, 0.2) is 0 Å². The lowest BCUT2D eigenvalue weighted by Crippen LogP contribution is -2.34. The minimum Gasteiger partial charge on any atom is -0.402 e. The van der Waals surface area contributed by atoms with Gasteiger partial charge in [-0.25, -0.2) is 0 Å². The van der Waals surface area contributed by atoms with Gasteiger partial charge in [0, 0.05) is 16.5 Å². The quantitative estimate of drug-likeness (QED) is 0.451. The summed E-state index contributed by atoms with van der Waals surface area (Å²) in [6.07, 6.45) is 1.11. The van der Waals surface area contributed by atoms with Gasteiger partial charge in [-0.05, 0) is 62.5 Å². The van der Waals surface area contributed by atoms with Gasteiger partial charge in [0.1, 0.15) is 0 Å². The lowest BCUT2D eigenvalue weighted by molar-refractivity contribution is 0.0842. The number of para-hydroxylation sites is 1. The molecule has 1 saturated heterocycles. The first-order valence-electron chi connectivity index (χ1n) is 10.4. The molecular formula is C25H26BNO2. The van der Waals surface area contributed by atoms with Crippen LogP contribution in [0.2, 0.25) is 0 Å². The summed E-state index contributed by atoms with van der Waals surface area (Å²) in [4.78, 5) is 0. The van der Waals surface area contributed by atoms with Crippen LogP contribution in [-0.2, 0) is 15.7 Å². The molecule has 1 aliphatic heterocycles. The molecule has 2 heterocycles. The highest BCUT2D eigenvalue weighted by Crippen LogP contribution is 2.33. The van der Waals surface area contributed by atoms with E-state index in [1.807, 2.05) is 0 Å². The molecule has 0 aliphatic carbocycles. The van der Waals surface area contributed by atoms with E-state index in [4.69, 9.17) is 9.31 Å². The predicted molar refractivity (Wildman–Crippen MR) is 121 cm³/mol. The van der Waals surface area contributed by atoms with Crippen LogP contribution < -0.4 is 5.46 Å². The molecule has 3 nitrogen and oxygen atoms in total. The van der Waals surface area contributed by atoms with E-state index in [0.717, 1.165) is 11.9 Å². The Balaban J connectivity index is 1.68. The van der Waals surface area contributed by atoms with E-state index in [2.05, 4.69) is 99.0 Å². The van der Waals surface area contributed by atoms with E-state index >= 15 is 0 Å². The van der Waals surface area contributed by atoms with Crippen molar-refractivity contribution in [2.75, 3.05) is 0 Å². The summed E-state index contributed by atoms with van der Waals surface area (Å²) in [5, 5.41) is 2.47. The number of fused-ring (bicyclic) bond motifs is 3. The molecule has 146 valence electrons. The van der Waals surface area contributed by atoms with Gasteiger partial charge in [-0.3, -0.25) is 0 Å². The second-order valence-corrected chi connectivity index (χ2v) is 8.48. The Morgan fingerprint density at radius 3 is 2.34 bits per heavy atom. The molecule has 5 rings (SSSR count). The highest BCUT2D eigenvalue weighted by molar-refractivity contribution is 6.62. The fraction of sp³-hybridized carbons (Fsp3) is 0.280. The average molecular weight is 383 g/mol. The Morgan fingerprint density at radius 2 is 1.66 bits per heavy atom. The molecule has 0 radical (unpaired) electrons. The number of aromatic nitrogens is 1. The number of benzene rings is 3. The van der Waals surface area contributed by atoms with Crippen LogP contribution in [0.1, 0.15) is 33.3 Å². The van der Waals surface area contributed by atoms with Crippen LogP contribution in [0, 0.1) is 0 Å². The van der Waals surface area contributed by atoms with Gasteiger partial charge in [-0.1, -0.05) is 49.4 Å². The van der Waals surface area contributed by atoms with Crippen molar-refractivity contribution >= 4 is 34.4 Å². The summed E-state index contributed by atoms with van der Waals surface area (Å²) in [5.74, 6) is 0. The van der Waals surface area contributed by atoms with Gasteiger partial charge in [-0.2, -0.15) is 0 Å². The number of nitrogens with zero attached hydrogens (tertiary/aromatic N) is 1. The van der Waals surface area contributed by atoms with Crippen molar-refractivity contribution in [1.29, 1.82) is 0 Å². The minimum atomic E-state index is -0.324. The van der Waals surface area contributed by atoms with E-state index in [9.17, 15) is 0 Å². The van der Waals surface area contributed by atoms with Gasteiger partial charge in [0.2, 0.25) is 0 Å². The molecule has 0 N–H and O–H groups in total. The van der Waals surface area contributed by atoms with Gasteiger partial charge in [0.25, 0.3) is 0 Å². The molecule has 4 aromatic rings. The van der Waals surface area contributed by atoms with Crippen LogP contribution in [0.15, 0.2) is 66.7 Å². The molecule has 1 unspecified atom stereocenters. The molecule has 4 heteroatoms. The van der Waals surface area contributed by atoms with Crippen molar-refractivity contribution in [2.24, 2.45) is 0 Å². The smallest absolute Gasteiger partial charge is 0.402 e. The summed E-state index contributed by atoms with van der Waals surface area (Å²) < 4.78 is 14.7. The predicted octanol–water partition coefficient (Wildman–Crippen LogP) is 5.26. The largest absolute Gasteiger partial charge is 0.494 e. The fourth-order valence-electron chi connectivity index (χ4n) is 4.19. The summed E-state index contributed by atoms with van der Waals surface area (Å²) in [5.41, 5.74) is 5.73. The van der Waals surface area contributed by atoms with Crippen LogP contribution >= 0.6 is 0 Å². The summed E-state index contributed by atoms with van der Waals surface area (Å²) in [6, 6.07) is 24.0. The molecule has 1 fully saturated rings. The van der Waals surface area contributed by atoms with Crippen molar-refractivity contribution in [3.05, 3.63) is 72.3 Å². The van der Waals surface area contributed by atoms with Crippen molar-refractivity contribution in [2.45, 2.75) is 45.8 Å². The third-order valence-corrected chi connectivity index (χ3v) is 6.29. The normalized spacial score (nSPS) is 18.8. The first kappa shape index (κ1) is 18.5. The molecule has 0 spiro atoms. The standard InChI is InChI=1S/C25H26BNO2/c1-5-18-10-13-20(14-11-18)27-23-9-7-6-8-21(23)22-16-19(12-15-24(22)27)26-28-17(2)25(3,4)29-26/h6-17H,5H2,1-4H3. The molecule has 1 atom stereocenters. The monoisotopic (exact) mass is 383 g/mol. The van der Waals surface area contributed by atoms with Crippen molar-refractivity contribution < 1.29 is 9.31 Å². The van der Waals surface area contributed by atoms with Crippen LogP contribution in [0.3, 0.4) is 0 Å². The summed E-state index contributed by atoms with van der Waals surface area (Å²) in [7, 11) is -0.324. The Kier molecular flexibility index (Phi) is 4.30. The van der Waals surface area contributed by atoms with E-state index < -0.39 is 0 Å². The highest BCUT2D eigenvalue weighted by atomic mass is 16.7. The third-order valence-electron chi connectivity index (χ3n) is 6.29. The lowest BCUT2D eigenvalue weighted by Gasteiger charge is -2.21. The molecule has 0 bridgehead atoms. The molecule has 1 aromatic heterocycles. The van der Waals surface area contributed by atoms with Gasteiger partial charge in [0.05, 0.1) is 22.7 Å². The SMILES string of the molecule is CCc1ccc(-n2c3ccccc3c3cc(B4OC(C)C(C)(C)O4)ccc32)cc1. The van der Waals surface area contributed by atoms with E-state index in [0.29, 0.717) is 0 Å². The van der Waals surface area contributed by atoms with Crippen LogP contribution in [0.5, 0.6) is 0 Å². The first-order chi connectivity index (χ1) is 14.0. The molecule has 1 aliphatic rings. The molecule has 0 saturated carbocycles. The molecular weight excluding hydrogens is 357 g/mol. The molecule has 3 aromatic carbocycles. The van der Waals surface area contributed by atoms with E-state index in [1.165, 1.54) is 33.1 Å². The lowest BCUT2D eigenvalue weighted by atomic mass is 9.78.